The van der Waals surface area contributed by atoms with E-state index < -0.39 is 0 Å². The zero-order chi connectivity index (χ0) is 17.5. The highest BCUT2D eigenvalue weighted by Gasteiger charge is 2.16. The number of carbonyl (C=O) groups excluding carboxylic acids is 1. The van der Waals surface area contributed by atoms with Crippen LogP contribution in [0.4, 0.5) is 0 Å². The number of aryl methyl sites for hydroxylation is 1. The lowest BCUT2D eigenvalue weighted by molar-refractivity contribution is -0.132. The number of halogens is 1. The summed E-state index contributed by atoms with van der Waals surface area (Å²) in [4.78, 5) is 14.7. The molecule has 0 aliphatic heterocycles. The standard InChI is InChI=1S/C21H20BrNO2/c22-19-9-4-8-17(14-19)11-12-21(24)23(16-20-10-5-13-25-20)15-18-6-2-1-3-7-18/h1-10,13-14H,11-12,15-16H2. The number of hydrogen-bond donors (Lipinski definition) is 0. The van der Waals surface area contributed by atoms with Gasteiger partial charge >= 0.3 is 0 Å². The first-order valence-electron chi connectivity index (χ1n) is 8.29. The van der Waals surface area contributed by atoms with Crippen LogP contribution in [0.1, 0.15) is 23.3 Å². The van der Waals surface area contributed by atoms with Gasteiger partial charge in [-0.15, -0.1) is 0 Å². The zero-order valence-electron chi connectivity index (χ0n) is 13.9. The lowest BCUT2D eigenvalue weighted by Gasteiger charge is -2.22. The molecule has 0 spiro atoms. The van der Waals surface area contributed by atoms with E-state index in [-0.39, 0.29) is 5.91 Å². The third-order valence-corrected chi connectivity index (χ3v) is 4.51. The van der Waals surface area contributed by atoms with Crippen LogP contribution in [0.15, 0.2) is 81.9 Å². The molecule has 0 saturated heterocycles. The minimum Gasteiger partial charge on any atom is -0.467 e. The van der Waals surface area contributed by atoms with Gasteiger partial charge in [0.05, 0.1) is 12.8 Å². The van der Waals surface area contributed by atoms with Gasteiger partial charge in [-0.1, -0.05) is 58.4 Å². The predicted molar refractivity (Wildman–Crippen MR) is 102 cm³/mol. The minimum atomic E-state index is 0.125. The van der Waals surface area contributed by atoms with Gasteiger partial charge in [-0.3, -0.25) is 4.79 Å². The maximum Gasteiger partial charge on any atom is 0.223 e. The molecule has 0 radical (unpaired) electrons. The Morgan fingerprint density at radius 2 is 1.72 bits per heavy atom. The molecule has 0 bridgehead atoms. The smallest absolute Gasteiger partial charge is 0.223 e. The van der Waals surface area contributed by atoms with Crippen LogP contribution in [0.25, 0.3) is 0 Å². The summed E-state index contributed by atoms with van der Waals surface area (Å²) in [5.41, 5.74) is 2.27. The second-order valence-electron chi connectivity index (χ2n) is 5.94. The fraction of sp³-hybridized carbons (Fsp3) is 0.190. The number of furan rings is 1. The van der Waals surface area contributed by atoms with Gasteiger partial charge in [-0.05, 0) is 41.8 Å². The molecule has 1 aromatic heterocycles. The van der Waals surface area contributed by atoms with Crippen molar-refractivity contribution in [3.63, 3.8) is 0 Å². The maximum absolute atomic E-state index is 12.8. The summed E-state index contributed by atoms with van der Waals surface area (Å²) in [6, 6.07) is 21.9. The molecule has 128 valence electrons. The van der Waals surface area contributed by atoms with E-state index in [0.29, 0.717) is 19.5 Å². The molecule has 0 aliphatic rings. The van der Waals surface area contributed by atoms with Crippen molar-refractivity contribution in [3.05, 3.63) is 94.4 Å². The molecule has 3 rings (SSSR count). The minimum absolute atomic E-state index is 0.125. The number of amides is 1. The van der Waals surface area contributed by atoms with Gasteiger partial charge in [-0.25, -0.2) is 0 Å². The van der Waals surface area contributed by atoms with Crippen molar-refractivity contribution in [2.24, 2.45) is 0 Å². The highest BCUT2D eigenvalue weighted by molar-refractivity contribution is 9.10. The van der Waals surface area contributed by atoms with E-state index in [9.17, 15) is 4.79 Å². The van der Waals surface area contributed by atoms with Crippen LogP contribution in [0.5, 0.6) is 0 Å². The molecule has 0 N–H and O–H groups in total. The van der Waals surface area contributed by atoms with E-state index in [2.05, 4.69) is 22.0 Å². The number of carbonyl (C=O) groups is 1. The normalized spacial score (nSPS) is 10.6. The molecule has 0 unspecified atom stereocenters. The third kappa shape index (κ3) is 5.33. The Labute approximate surface area is 156 Å². The second-order valence-corrected chi connectivity index (χ2v) is 6.86. The van der Waals surface area contributed by atoms with Gasteiger partial charge < -0.3 is 9.32 Å². The summed E-state index contributed by atoms with van der Waals surface area (Å²) < 4.78 is 6.47. The van der Waals surface area contributed by atoms with Gasteiger partial charge in [0.25, 0.3) is 0 Å². The summed E-state index contributed by atoms with van der Waals surface area (Å²) in [5, 5.41) is 0. The number of rotatable bonds is 7. The molecule has 4 heteroatoms. The Hall–Kier alpha value is -2.33. The average molecular weight is 398 g/mol. The molecular weight excluding hydrogens is 378 g/mol. The molecule has 3 nitrogen and oxygen atoms in total. The van der Waals surface area contributed by atoms with E-state index in [1.165, 1.54) is 0 Å². The lowest BCUT2D eigenvalue weighted by Crippen LogP contribution is -2.30. The number of nitrogens with zero attached hydrogens (tertiary/aromatic N) is 1. The van der Waals surface area contributed by atoms with Crippen molar-refractivity contribution < 1.29 is 9.21 Å². The van der Waals surface area contributed by atoms with Gasteiger partial charge in [0, 0.05) is 17.4 Å². The van der Waals surface area contributed by atoms with Crippen molar-refractivity contribution in [1.82, 2.24) is 4.90 Å². The molecule has 1 amide bonds. The Balaban J connectivity index is 1.67. The fourth-order valence-corrected chi connectivity index (χ4v) is 3.18. The maximum atomic E-state index is 12.8. The van der Waals surface area contributed by atoms with Gasteiger partial charge in [-0.2, -0.15) is 0 Å². The molecule has 25 heavy (non-hydrogen) atoms. The van der Waals surface area contributed by atoms with Crippen LogP contribution < -0.4 is 0 Å². The van der Waals surface area contributed by atoms with Crippen LogP contribution in [0.2, 0.25) is 0 Å². The average Bonchev–Trinajstić information content (AvgIpc) is 3.13. The highest BCUT2D eigenvalue weighted by Crippen LogP contribution is 2.16. The second kappa shape index (κ2) is 8.67. The molecular formula is C21H20BrNO2. The number of benzene rings is 2. The Kier molecular flexibility index (Phi) is 6.07. The largest absolute Gasteiger partial charge is 0.467 e. The first kappa shape index (κ1) is 17.5. The summed E-state index contributed by atoms with van der Waals surface area (Å²) in [6.45, 7) is 1.07. The summed E-state index contributed by atoms with van der Waals surface area (Å²) >= 11 is 3.47. The molecule has 1 heterocycles. The summed E-state index contributed by atoms with van der Waals surface area (Å²) in [5.74, 6) is 0.923. The van der Waals surface area contributed by atoms with E-state index in [0.717, 1.165) is 27.8 Å². The van der Waals surface area contributed by atoms with Crippen molar-refractivity contribution in [2.75, 3.05) is 0 Å². The van der Waals surface area contributed by atoms with Crippen molar-refractivity contribution in [1.29, 1.82) is 0 Å². The molecule has 0 saturated carbocycles. The van der Waals surface area contributed by atoms with Crippen LogP contribution in [0.3, 0.4) is 0 Å². The Morgan fingerprint density at radius 3 is 2.44 bits per heavy atom. The lowest BCUT2D eigenvalue weighted by atomic mass is 10.1. The van der Waals surface area contributed by atoms with Crippen LogP contribution in [-0.4, -0.2) is 10.8 Å². The van der Waals surface area contributed by atoms with Gasteiger partial charge in [0.15, 0.2) is 0 Å². The monoisotopic (exact) mass is 397 g/mol. The third-order valence-electron chi connectivity index (χ3n) is 4.01. The first-order chi connectivity index (χ1) is 12.2. The first-order valence-corrected chi connectivity index (χ1v) is 9.08. The Bertz CT molecular complexity index is 800. The zero-order valence-corrected chi connectivity index (χ0v) is 15.5. The van der Waals surface area contributed by atoms with E-state index in [4.69, 9.17) is 4.42 Å². The quantitative estimate of drug-likeness (QED) is 0.548. The van der Waals surface area contributed by atoms with Gasteiger partial charge in [0.2, 0.25) is 5.91 Å². The molecule has 0 atom stereocenters. The van der Waals surface area contributed by atoms with Crippen molar-refractivity contribution in [2.45, 2.75) is 25.9 Å². The van der Waals surface area contributed by atoms with E-state index >= 15 is 0 Å². The Morgan fingerprint density at radius 1 is 0.920 bits per heavy atom. The van der Waals surface area contributed by atoms with E-state index in [1.54, 1.807) is 6.26 Å². The molecule has 2 aromatic carbocycles. The molecule has 0 fully saturated rings. The molecule has 0 aliphatic carbocycles. The SMILES string of the molecule is O=C(CCc1cccc(Br)c1)N(Cc1ccccc1)Cc1ccco1. The van der Waals surface area contributed by atoms with Crippen molar-refractivity contribution in [3.8, 4) is 0 Å². The number of hydrogen-bond acceptors (Lipinski definition) is 2. The van der Waals surface area contributed by atoms with Crippen LogP contribution in [0, 0.1) is 0 Å². The predicted octanol–water partition coefficient (Wildman–Crippen LogP) is 5.20. The van der Waals surface area contributed by atoms with E-state index in [1.807, 2.05) is 65.6 Å². The summed E-state index contributed by atoms with van der Waals surface area (Å²) in [6.07, 6.45) is 2.84. The molecule has 3 aromatic rings. The summed E-state index contributed by atoms with van der Waals surface area (Å²) in [7, 11) is 0. The van der Waals surface area contributed by atoms with Crippen molar-refractivity contribution >= 4 is 21.8 Å². The van der Waals surface area contributed by atoms with Crippen LogP contribution in [-0.2, 0) is 24.3 Å². The topological polar surface area (TPSA) is 33.5 Å². The van der Waals surface area contributed by atoms with Crippen LogP contribution >= 0.6 is 15.9 Å². The fourth-order valence-electron chi connectivity index (χ4n) is 2.73. The van der Waals surface area contributed by atoms with Gasteiger partial charge in [0.1, 0.15) is 5.76 Å². The highest BCUT2D eigenvalue weighted by atomic mass is 79.9.